The molecular weight excluding hydrogens is 288 g/mol. The number of aromatic nitrogens is 1. The molecule has 0 aliphatic heterocycles. The summed E-state index contributed by atoms with van der Waals surface area (Å²) >= 11 is 1.26. The van der Waals surface area contributed by atoms with Gasteiger partial charge in [0.15, 0.2) is 5.13 Å². The number of carbonyl (C=O) groups excluding carboxylic acids is 1. The normalized spacial score (nSPS) is 10.4. The molecule has 0 unspecified atom stereocenters. The molecule has 0 fully saturated rings. The van der Waals surface area contributed by atoms with Crippen molar-refractivity contribution in [3.63, 3.8) is 0 Å². The molecule has 1 amide bonds. The molecule has 1 heterocycles. The lowest BCUT2D eigenvalue weighted by atomic mass is 10.2. The molecule has 0 aliphatic rings. The smallest absolute Gasteiger partial charge is 0.269 e. The van der Waals surface area contributed by atoms with Gasteiger partial charge in [0, 0.05) is 32.5 Å². The number of nitrogens with zero attached hydrogens (tertiary/aromatic N) is 2. The van der Waals surface area contributed by atoms with E-state index >= 15 is 0 Å². The molecule has 0 spiro atoms. The summed E-state index contributed by atoms with van der Waals surface area (Å²) < 4.78 is 5.12. The number of hydrogen-bond donors (Lipinski definition) is 2. The Labute approximate surface area is 127 Å². The second-order valence-corrected chi connectivity index (χ2v) is 5.63. The molecule has 3 N–H and O–H groups in total. The lowest BCUT2D eigenvalue weighted by Gasteiger charge is -2.09. The number of anilines is 3. The average molecular weight is 306 g/mol. The third kappa shape index (κ3) is 3.50. The Kier molecular flexibility index (Phi) is 4.77. The molecule has 0 bridgehead atoms. The van der Waals surface area contributed by atoms with Crippen molar-refractivity contribution in [1.29, 1.82) is 0 Å². The quantitative estimate of drug-likeness (QED) is 0.885. The minimum atomic E-state index is -0.262. The highest BCUT2D eigenvalue weighted by Crippen LogP contribution is 2.28. The number of hydrogen-bond acceptors (Lipinski definition) is 6. The van der Waals surface area contributed by atoms with Gasteiger partial charge in [-0.3, -0.25) is 4.79 Å². The van der Waals surface area contributed by atoms with E-state index in [0.717, 1.165) is 5.56 Å². The van der Waals surface area contributed by atoms with Crippen LogP contribution in [-0.2, 0) is 11.3 Å². The molecule has 0 radical (unpaired) electrons. The van der Waals surface area contributed by atoms with E-state index in [1.807, 2.05) is 43.3 Å². The molecule has 21 heavy (non-hydrogen) atoms. The number of benzene rings is 1. The summed E-state index contributed by atoms with van der Waals surface area (Å²) in [4.78, 5) is 18.7. The Hall–Kier alpha value is -2.12. The van der Waals surface area contributed by atoms with E-state index in [0.29, 0.717) is 22.3 Å². The minimum Gasteiger partial charge on any atom is -0.382 e. The van der Waals surface area contributed by atoms with Crippen LogP contribution in [0.5, 0.6) is 0 Å². The fraction of sp³-hybridized carbons (Fsp3) is 0.286. The van der Waals surface area contributed by atoms with Crippen molar-refractivity contribution in [2.24, 2.45) is 0 Å². The largest absolute Gasteiger partial charge is 0.382 e. The Morgan fingerprint density at radius 2 is 2.14 bits per heavy atom. The highest BCUT2D eigenvalue weighted by atomic mass is 32.1. The first kappa shape index (κ1) is 15.3. The molecule has 112 valence electrons. The van der Waals surface area contributed by atoms with Crippen LogP contribution in [0.25, 0.3) is 0 Å². The number of amides is 1. The summed E-state index contributed by atoms with van der Waals surface area (Å²) in [6.07, 6.45) is 0. The summed E-state index contributed by atoms with van der Waals surface area (Å²) in [6, 6.07) is 7.49. The van der Waals surface area contributed by atoms with Gasteiger partial charge in [0.1, 0.15) is 10.7 Å². The Balaban J connectivity index is 2.22. The monoisotopic (exact) mass is 306 g/mol. The standard InChI is InChI=1S/C14H18N4O2S/c1-18(2)14-17-12(15)11(21-14)13(19)16-10-7-5-4-6-9(10)8-20-3/h4-7H,8,15H2,1-3H3,(H,16,19). The van der Waals surface area contributed by atoms with Gasteiger partial charge in [-0.2, -0.15) is 0 Å². The maximum atomic E-state index is 12.3. The van der Waals surface area contributed by atoms with Crippen molar-refractivity contribution in [3.8, 4) is 0 Å². The molecular formula is C14H18N4O2S. The van der Waals surface area contributed by atoms with Crippen LogP contribution in [-0.4, -0.2) is 32.1 Å². The summed E-state index contributed by atoms with van der Waals surface area (Å²) in [6.45, 7) is 0.428. The van der Waals surface area contributed by atoms with Gasteiger partial charge in [-0.1, -0.05) is 29.5 Å². The summed E-state index contributed by atoms with van der Waals surface area (Å²) in [5.41, 5.74) is 7.44. The topological polar surface area (TPSA) is 80.5 Å². The molecule has 7 heteroatoms. The van der Waals surface area contributed by atoms with E-state index in [4.69, 9.17) is 10.5 Å². The first-order valence-corrected chi connectivity index (χ1v) is 7.16. The van der Waals surface area contributed by atoms with Gasteiger partial charge in [-0.15, -0.1) is 0 Å². The van der Waals surface area contributed by atoms with E-state index in [2.05, 4.69) is 10.3 Å². The zero-order chi connectivity index (χ0) is 15.4. The first-order valence-electron chi connectivity index (χ1n) is 6.34. The molecule has 0 atom stereocenters. The van der Waals surface area contributed by atoms with Crippen molar-refractivity contribution >= 4 is 33.9 Å². The van der Waals surface area contributed by atoms with E-state index in [1.165, 1.54) is 11.3 Å². The lowest BCUT2D eigenvalue weighted by molar-refractivity contribution is 0.103. The van der Waals surface area contributed by atoms with Crippen LogP contribution in [0.15, 0.2) is 24.3 Å². The Morgan fingerprint density at radius 1 is 1.43 bits per heavy atom. The Bertz CT molecular complexity index is 640. The molecule has 2 rings (SSSR count). The number of methoxy groups -OCH3 is 1. The van der Waals surface area contributed by atoms with Crippen molar-refractivity contribution in [2.75, 3.05) is 37.2 Å². The Morgan fingerprint density at radius 3 is 2.76 bits per heavy atom. The van der Waals surface area contributed by atoms with Gasteiger partial charge < -0.3 is 20.7 Å². The predicted octanol–water partition coefficient (Wildman–Crippen LogP) is 2.19. The maximum Gasteiger partial charge on any atom is 0.269 e. The van der Waals surface area contributed by atoms with Gasteiger partial charge in [0.25, 0.3) is 5.91 Å². The van der Waals surface area contributed by atoms with Crippen molar-refractivity contribution in [2.45, 2.75) is 6.61 Å². The first-order chi connectivity index (χ1) is 10.0. The molecule has 0 saturated carbocycles. The minimum absolute atomic E-state index is 0.241. The number of nitrogens with one attached hydrogen (secondary N) is 1. The van der Waals surface area contributed by atoms with Gasteiger partial charge in [0.2, 0.25) is 0 Å². The molecule has 0 aliphatic carbocycles. The van der Waals surface area contributed by atoms with Crippen LogP contribution in [0, 0.1) is 0 Å². The van der Waals surface area contributed by atoms with E-state index in [9.17, 15) is 4.79 Å². The maximum absolute atomic E-state index is 12.3. The molecule has 0 saturated heterocycles. The van der Waals surface area contributed by atoms with Crippen LogP contribution >= 0.6 is 11.3 Å². The zero-order valence-electron chi connectivity index (χ0n) is 12.2. The fourth-order valence-electron chi connectivity index (χ4n) is 1.78. The van der Waals surface area contributed by atoms with E-state index in [-0.39, 0.29) is 11.7 Å². The van der Waals surface area contributed by atoms with Crippen LogP contribution < -0.4 is 16.0 Å². The third-order valence-corrected chi connectivity index (χ3v) is 4.03. The summed E-state index contributed by atoms with van der Waals surface area (Å²) in [7, 11) is 5.32. The van der Waals surface area contributed by atoms with Gasteiger partial charge in [-0.25, -0.2) is 4.98 Å². The summed E-state index contributed by atoms with van der Waals surface area (Å²) in [5.74, 6) is -0.0212. The molecule has 1 aromatic carbocycles. The average Bonchev–Trinajstić information content (AvgIpc) is 2.83. The number of carbonyl (C=O) groups is 1. The van der Waals surface area contributed by atoms with E-state index in [1.54, 1.807) is 7.11 Å². The van der Waals surface area contributed by atoms with Crippen LogP contribution in [0.3, 0.4) is 0 Å². The zero-order valence-corrected chi connectivity index (χ0v) is 13.0. The second-order valence-electron chi connectivity index (χ2n) is 4.65. The van der Waals surface area contributed by atoms with Crippen LogP contribution in [0.1, 0.15) is 15.2 Å². The SMILES string of the molecule is COCc1ccccc1NC(=O)c1sc(N(C)C)nc1N. The number of nitrogen functional groups attached to an aromatic ring is 1. The fourth-order valence-corrected chi connectivity index (χ4v) is 2.58. The number of para-hydroxylation sites is 1. The molecule has 6 nitrogen and oxygen atoms in total. The number of nitrogens with two attached hydrogens (primary N) is 1. The number of rotatable bonds is 5. The molecule has 2 aromatic rings. The summed E-state index contributed by atoms with van der Waals surface area (Å²) in [5, 5.41) is 3.55. The van der Waals surface area contributed by atoms with Gasteiger partial charge >= 0.3 is 0 Å². The number of thiazole rings is 1. The van der Waals surface area contributed by atoms with Crippen LogP contribution in [0.2, 0.25) is 0 Å². The lowest BCUT2D eigenvalue weighted by Crippen LogP contribution is -2.13. The number of ether oxygens (including phenoxy) is 1. The van der Waals surface area contributed by atoms with E-state index < -0.39 is 0 Å². The van der Waals surface area contributed by atoms with Gasteiger partial charge in [0.05, 0.1) is 6.61 Å². The molecule has 1 aromatic heterocycles. The van der Waals surface area contributed by atoms with Gasteiger partial charge in [-0.05, 0) is 6.07 Å². The predicted molar refractivity (Wildman–Crippen MR) is 86.0 cm³/mol. The second kappa shape index (κ2) is 6.55. The highest BCUT2D eigenvalue weighted by molar-refractivity contribution is 7.18. The van der Waals surface area contributed by atoms with Crippen molar-refractivity contribution < 1.29 is 9.53 Å². The highest BCUT2D eigenvalue weighted by Gasteiger charge is 2.18. The van der Waals surface area contributed by atoms with Crippen LogP contribution in [0.4, 0.5) is 16.6 Å². The third-order valence-electron chi connectivity index (χ3n) is 2.80. The van der Waals surface area contributed by atoms with Crippen molar-refractivity contribution in [3.05, 3.63) is 34.7 Å². The van der Waals surface area contributed by atoms with Crippen molar-refractivity contribution in [1.82, 2.24) is 4.98 Å².